The van der Waals surface area contributed by atoms with Crippen LogP contribution in [0.1, 0.15) is 32.1 Å². The minimum absolute atomic E-state index is 0.0495. The zero-order chi connectivity index (χ0) is 13.9. The van der Waals surface area contributed by atoms with E-state index in [4.69, 9.17) is 5.73 Å². The van der Waals surface area contributed by atoms with Gasteiger partial charge in [-0.1, -0.05) is 35.2 Å². The van der Waals surface area contributed by atoms with Gasteiger partial charge in [-0.05, 0) is 47.0 Å². The summed E-state index contributed by atoms with van der Waals surface area (Å²) < 4.78 is 1.82. The van der Waals surface area contributed by atoms with Crippen LogP contribution in [0.3, 0.4) is 0 Å². The van der Waals surface area contributed by atoms with Crippen molar-refractivity contribution in [3.63, 3.8) is 0 Å². The fourth-order valence-corrected chi connectivity index (χ4v) is 3.31. The molecule has 0 bridgehead atoms. The number of nitrogens with two attached hydrogens (primary N) is 1. The third kappa shape index (κ3) is 3.38. The van der Waals surface area contributed by atoms with Crippen molar-refractivity contribution in [2.24, 2.45) is 11.1 Å². The van der Waals surface area contributed by atoms with E-state index in [1.54, 1.807) is 0 Å². The number of hydrogen-bond donors (Lipinski definition) is 2. The average Bonchev–Trinajstić information content (AvgIpc) is 2.43. The smallest absolute Gasteiger partial charge is 0.231 e. The molecule has 0 heterocycles. The lowest BCUT2D eigenvalue weighted by molar-refractivity contribution is -0.126. The van der Waals surface area contributed by atoms with E-state index in [2.05, 4.69) is 37.2 Å². The Morgan fingerprint density at radius 3 is 2.58 bits per heavy atom. The topological polar surface area (TPSA) is 55.1 Å². The Hall–Kier alpha value is -0.390. The van der Waals surface area contributed by atoms with Crippen molar-refractivity contribution in [3.8, 4) is 0 Å². The molecule has 0 aliphatic heterocycles. The molecule has 0 saturated heterocycles. The number of benzene rings is 1. The minimum atomic E-state index is -0.389. The zero-order valence-corrected chi connectivity index (χ0v) is 13.9. The molecular weight excluding hydrogens is 372 g/mol. The van der Waals surface area contributed by atoms with Gasteiger partial charge in [0.15, 0.2) is 0 Å². The van der Waals surface area contributed by atoms with Gasteiger partial charge in [0, 0.05) is 15.5 Å². The number of anilines is 1. The highest BCUT2D eigenvalue weighted by atomic mass is 79.9. The second-order valence-corrected chi connectivity index (χ2v) is 6.89. The molecule has 1 saturated carbocycles. The van der Waals surface area contributed by atoms with Crippen molar-refractivity contribution < 1.29 is 4.79 Å². The summed E-state index contributed by atoms with van der Waals surface area (Å²) >= 11 is 6.87. The second-order valence-electron chi connectivity index (χ2n) is 5.12. The van der Waals surface area contributed by atoms with E-state index < -0.39 is 0 Å². The van der Waals surface area contributed by atoms with Crippen molar-refractivity contribution in [2.45, 2.75) is 32.1 Å². The van der Waals surface area contributed by atoms with E-state index in [0.717, 1.165) is 40.3 Å². The minimum Gasteiger partial charge on any atom is -0.329 e. The highest BCUT2D eigenvalue weighted by Crippen LogP contribution is 2.37. The van der Waals surface area contributed by atoms with Crippen LogP contribution < -0.4 is 11.1 Å². The third-order valence-corrected chi connectivity index (χ3v) is 5.04. The summed E-state index contributed by atoms with van der Waals surface area (Å²) in [5.41, 5.74) is 6.28. The van der Waals surface area contributed by atoms with Crippen LogP contribution in [-0.4, -0.2) is 12.5 Å². The predicted octanol–water partition coefficient (Wildman–Crippen LogP) is 4.06. The molecule has 2 rings (SSSR count). The van der Waals surface area contributed by atoms with E-state index in [0.29, 0.717) is 6.54 Å². The Balaban J connectivity index is 2.17. The zero-order valence-electron chi connectivity index (χ0n) is 10.7. The van der Waals surface area contributed by atoms with Crippen LogP contribution in [-0.2, 0) is 4.79 Å². The predicted molar refractivity (Wildman–Crippen MR) is 85.0 cm³/mol. The van der Waals surface area contributed by atoms with Crippen molar-refractivity contribution in [1.82, 2.24) is 0 Å². The van der Waals surface area contributed by atoms with Crippen molar-refractivity contribution in [2.75, 3.05) is 11.9 Å². The SMILES string of the molecule is NCC1(C(=O)Nc2cc(Br)ccc2Br)CCCCC1. The number of carbonyl (C=O) groups is 1. The Morgan fingerprint density at radius 1 is 1.26 bits per heavy atom. The van der Waals surface area contributed by atoms with Crippen LogP contribution in [0, 0.1) is 5.41 Å². The highest BCUT2D eigenvalue weighted by Gasteiger charge is 2.38. The molecule has 0 spiro atoms. The lowest BCUT2D eigenvalue weighted by atomic mass is 9.73. The fraction of sp³-hybridized carbons (Fsp3) is 0.500. The third-order valence-electron chi connectivity index (χ3n) is 3.86. The van der Waals surface area contributed by atoms with E-state index in [1.165, 1.54) is 6.42 Å². The van der Waals surface area contributed by atoms with Crippen molar-refractivity contribution >= 4 is 43.5 Å². The molecule has 5 heteroatoms. The second kappa shape index (κ2) is 6.37. The van der Waals surface area contributed by atoms with Crippen LogP contribution in [0.5, 0.6) is 0 Å². The summed E-state index contributed by atoms with van der Waals surface area (Å²) in [5.74, 6) is 0.0495. The first kappa shape index (κ1) is 15.0. The number of halogens is 2. The largest absolute Gasteiger partial charge is 0.329 e. The average molecular weight is 390 g/mol. The fourth-order valence-electron chi connectivity index (χ4n) is 2.60. The van der Waals surface area contributed by atoms with Crippen LogP contribution in [0.2, 0.25) is 0 Å². The maximum atomic E-state index is 12.6. The molecule has 0 atom stereocenters. The van der Waals surface area contributed by atoms with Gasteiger partial charge in [-0.3, -0.25) is 4.79 Å². The van der Waals surface area contributed by atoms with Crippen LogP contribution in [0.25, 0.3) is 0 Å². The first-order chi connectivity index (χ1) is 9.07. The number of nitrogens with one attached hydrogen (secondary N) is 1. The summed E-state index contributed by atoms with van der Waals surface area (Å²) in [6, 6.07) is 5.74. The van der Waals surface area contributed by atoms with Gasteiger partial charge in [0.25, 0.3) is 0 Å². The Morgan fingerprint density at radius 2 is 1.95 bits per heavy atom. The number of carbonyl (C=O) groups excluding carboxylic acids is 1. The summed E-state index contributed by atoms with van der Waals surface area (Å²) in [6.45, 7) is 0.421. The summed E-state index contributed by atoms with van der Waals surface area (Å²) in [5, 5.41) is 3.02. The van der Waals surface area contributed by atoms with Crippen LogP contribution in [0.4, 0.5) is 5.69 Å². The number of rotatable bonds is 3. The maximum Gasteiger partial charge on any atom is 0.231 e. The summed E-state index contributed by atoms with van der Waals surface area (Å²) in [6.07, 6.45) is 5.16. The van der Waals surface area contributed by atoms with Crippen LogP contribution >= 0.6 is 31.9 Å². The van der Waals surface area contributed by atoms with Gasteiger partial charge in [0.2, 0.25) is 5.91 Å². The molecule has 1 fully saturated rings. The molecule has 3 nitrogen and oxygen atoms in total. The van der Waals surface area contributed by atoms with E-state index in [1.807, 2.05) is 18.2 Å². The van der Waals surface area contributed by atoms with Gasteiger partial charge >= 0.3 is 0 Å². The molecule has 1 aromatic carbocycles. The maximum absolute atomic E-state index is 12.6. The van der Waals surface area contributed by atoms with Crippen LogP contribution in [0.15, 0.2) is 27.1 Å². The first-order valence-electron chi connectivity index (χ1n) is 6.54. The molecule has 3 N–H and O–H groups in total. The monoisotopic (exact) mass is 388 g/mol. The standard InChI is InChI=1S/C14H18Br2N2O/c15-10-4-5-11(16)12(8-10)18-13(19)14(9-17)6-2-1-3-7-14/h4-5,8H,1-3,6-7,9,17H2,(H,18,19). The molecule has 1 amide bonds. The molecular formula is C14H18Br2N2O. The molecule has 19 heavy (non-hydrogen) atoms. The van der Waals surface area contributed by atoms with Gasteiger partial charge in [0.1, 0.15) is 0 Å². The molecule has 1 aliphatic rings. The highest BCUT2D eigenvalue weighted by molar-refractivity contribution is 9.11. The molecule has 0 aromatic heterocycles. The van der Waals surface area contributed by atoms with Crippen molar-refractivity contribution in [3.05, 3.63) is 27.1 Å². The van der Waals surface area contributed by atoms with Gasteiger partial charge in [-0.2, -0.15) is 0 Å². The van der Waals surface area contributed by atoms with Gasteiger partial charge in [-0.25, -0.2) is 0 Å². The summed E-state index contributed by atoms with van der Waals surface area (Å²) in [4.78, 5) is 12.6. The van der Waals surface area contributed by atoms with Gasteiger partial charge < -0.3 is 11.1 Å². The molecule has 0 unspecified atom stereocenters. The number of amides is 1. The molecule has 1 aromatic rings. The van der Waals surface area contributed by atoms with E-state index >= 15 is 0 Å². The number of hydrogen-bond acceptors (Lipinski definition) is 2. The van der Waals surface area contributed by atoms with Crippen molar-refractivity contribution in [1.29, 1.82) is 0 Å². The summed E-state index contributed by atoms with van der Waals surface area (Å²) in [7, 11) is 0. The lowest BCUT2D eigenvalue weighted by Gasteiger charge is -2.34. The van der Waals surface area contributed by atoms with Gasteiger partial charge in [0.05, 0.1) is 11.1 Å². The van der Waals surface area contributed by atoms with E-state index in [9.17, 15) is 4.79 Å². The Kier molecular flexibility index (Phi) is 5.03. The Bertz CT molecular complexity index is 471. The molecule has 0 radical (unpaired) electrons. The lowest BCUT2D eigenvalue weighted by Crippen LogP contribution is -2.43. The molecule has 104 valence electrons. The Labute approximate surface area is 130 Å². The van der Waals surface area contributed by atoms with E-state index in [-0.39, 0.29) is 11.3 Å². The normalized spacial score (nSPS) is 18.1. The first-order valence-corrected chi connectivity index (χ1v) is 8.13. The quantitative estimate of drug-likeness (QED) is 0.818. The molecule has 1 aliphatic carbocycles. The van der Waals surface area contributed by atoms with Gasteiger partial charge in [-0.15, -0.1) is 0 Å².